The summed E-state index contributed by atoms with van der Waals surface area (Å²) in [7, 11) is 3.34. The highest BCUT2D eigenvalue weighted by atomic mass is 16.5. The van der Waals surface area contributed by atoms with Gasteiger partial charge < -0.3 is 15.0 Å². The molecule has 0 spiro atoms. The number of hydrogen-bond donors (Lipinski definition) is 1. The maximum Gasteiger partial charge on any atom is 0.272 e. The Morgan fingerprint density at radius 2 is 1.97 bits per heavy atom. The van der Waals surface area contributed by atoms with Crippen molar-refractivity contribution < 1.29 is 14.3 Å². The summed E-state index contributed by atoms with van der Waals surface area (Å²) in [5.74, 6) is 1.09. The van der Waals surface area contributed by atoms with E-state index in [1.807, 2.05) is 0 Å². The van der Waals surface area contributed by atoms with Gasteiger partial charge in [0.2, 0.25) is 0 Å². The highest BCUT2D eigenvalue weighted by Gasteiger charge is 2.31. The molecule has 3 heterocycles. The number of carbonyl (C=O) groups is 2. The number of nitrogens with zero attached hydrogens (tertiary/aromatic N) is 5. The highest BCUT2D eigenvalue weighted by molar-refractivity contribution is 6.04. The molecule has 2 amide bonds. The largest absolute Gasteiger partial charge is 0.497 e. The van der Waals surface area contributed by atoms with Gasteiger partial charge in [-0.1, -0.05) is 0 Å². The monoisotopic (exact) mass is 420 g/mol. The zero-order valence-electron chi connectivity index (χ0n) is 17.7. The molecular weight excluding hydrogens is 396 g/mol. The molecule has 1 N–H and O–H groups in total. The van der Waals surface area contributed by atoms with Crippen molar-refractivity contribution in [2.24, 2.45) is 7.05 Å². The van der Waals surface area contributed by atoms with Crippen molar-refractivity contribution in [2.45, 2.75) is 19.3 Å². The summed E-state index contributed by atoms with van der Waals surface area (Å²) in [5.41, 5.74) is 2.24. The average molecular weight is 420 g/mol. The Labute approximate surface area is 180 Å². The minimum atomic E-state index is -0.270. The van der Waals surface area contributed by atoms with Crippen LogP contribution in [0.2, 0.25) is 0 Å². The van der Waals surface area contributed by atoms with Gasteiger partial charge in [-0.2, -0.15) is 5.10 Å². The van der Waals surface area contributed by atoms with E-state index in [-0.39, 0.29) is 17.7 Å². The van der Waals surface area contributed by atoms with E-state index in [2.05, 4.69) is 20.4 Å². The summed E-state index contributed by atoms with van der Waals surface area (Å²) in [6.07, 6.45) is 3.95. The summed E-state index contributed by atoms with van der Waals surface area (Å²) in [5, 5.41) is 6.91. The molecule has 0 unspecified atom stereocenters. The van der Waals surface area contributed by atoms with Crippen LogP contribution in [0.1, 0.15) is 44.7 Å². The van der Waals surface area contributed by atoms with Crippen molar-refractivity contribution in [3.05, 3.63) is 65.5 Å². The number of aryl methyl sites for hydroxylation is 2. The molecule has 1 aliphatic heterocycles. The molecule has 9 nitrogen and oxygen atoms in total. The molecule has 1 aliphatic rings. The summed E-state index contributed by atoms with van der Waals surface area (Å²) in [6.45, 7) is 2.97. The number of anilines is 1. The third kappa shape index (κ3) is 4.25. The van der Waals surface area contributed by atoms with E-state index in [0.29, 0.717) is 47.3 Å². The molecule has 4 rings (SSSR count). The number of hydrogen-bond acceptors (Lipinski definition) is 6. The van der Waals surface area contributed by atoms with E-state index in [0.717, 1.165) is 6.42 Å². The summed E-state index contributed by atoms with van der Waals surface area (Å²) in [4.78, 5) is 36.1. The van der Waals surface area contributed by atoms with Crippen molar-refractivity contribution in [1.29, 1.82) is 0 Å². The Hall–Kier alpha value is -3.75. The number of methoxy groups -OCH3 is 1. The van der Waals surface area contributed by atoms with Crippen LogP contribution in [0.25, 0.3) is 0 Å². The lowest BCUT2D eigenvalue weighted by molar-refractivity contribution is 0.0779. The fourth-order valence-electron chi connectivity index (χ4n) is 3.68. The Balaban J connectivity index is 1.43. The fourth-order valence-corrected chi connectivity index (χ4v) is 3.68. The molecule has 0 radical (unpaired) electrons. The zero-order chi connectivity index (χ0) is 22.0. The van der Waals surface area contributed by atoms with Crippen molar-refractivity contribution in [3.63, 3.8) is 0 Å². The smallest absolute Gasteiger partial charge is 0.272 e. The first kappa shape index (κ1) is 20.5. The van der Waals surface area contributed by atoms with Gasteiger partial charge in [0.15, 0.2) is 0 Å². The van der Waals surface area contributed by atoms with Gasteiger partial charge in [0.1, 0.15) is 17.3 Å². The van der Waals surface area contributed by atoms with Crippen LogP contribution in [0.4, 0.5) is 5.69 Å². The van der Waals surface area contributed by atoms with E-state index >= 15 is 0 Å². The van der Waals surface area contributed by atoms with Gasteiger partial charge in [-0.3, -0.25) is 14.3 Å². The van der Waals surface area contributed by atoms with Crippen LogP contribution in [0.3, 0.4) is 0 Å². The van der Waals surface area contributed by atoms with Crippen molar-refractivity contribution in [2.75, 3.05) is 25.5 Å². The van der Waals surface area contributed by atoms with Crippen molar-refractivity contribution >= 4 is 17.5 Å². The lowest BCUT2D eigenvalue weighted by atomic mass is 10.1. The SMILES string of the molecule is COc1ccc(NC(=O)c2cnc([C@@H]3CCN(C(=O)c4ccnn4C)C3)nc2C)cc1. The van der Waals surface area contributed by atoms with E-state index in [1.165, 1.54) is 0 Å². The van der Waals surface area contributed by atoms with Crippen molar-refractivity contribution in [3.8, 4) is 5.75 Å². The molecule has 1 saturated heterocycles. The number of carbonyl (C=O) groups excluding carboxylic acids is 2. The minimum absolute atomic E-state index is 0.0366. The molecule has 31 heavy (non-hydrogen) atoms. The van der Waals surface area contributed by atoms with Gasteiger partial charge in [-0.25, -0.2) is 9.97 Å². The van der Waals surface area contributed by atoms with Gasteiger partial charge in [0.05, 0.1) is 18.4 Å². The normalized spacial score (nSPS) is 15.7. The molecule has 3 aromatic rings. The number of ether oxygens (including phenoxy) is 1. The van der Waals surface area contributed by atoms with Crippen LogP contribution < -0.4 is 10.1 Å². The van der Waals surface area contributed by atoms with Crippen LogP contribution in [0.15, 0.2) is 42.7 Å². The van der Waals surface area contributed by atoms with Crippen LogP contribution in [-0.2, 0) is 7.05 Å². The summed E-state index contributed by atoms with van der Waals surface area (Å²) >= 11 is 0. The highest BCUT2D eigenvalue weighted by Crippen LogP contribution is 2.26. The number of benzene rings is 1. The lowest BCUT2D eigenvalue weighted by Gasteiger charge is -2.16. The van der Waals surface area contributed by atoms with E-state index in [4.69, 9.17) is 4.74 Å². The molecule has 0 aliphatic carbocycles. The quantitative estimate of drug-likeness (QED) is 0.680. The van der Waals surface area contributed by atoms with E-state index < -0.39 is 0 Å². The predicted molar refractivity (Wildman–Crippen MR) is 114 cm³/mol. The predicted octanol–water partition coefficient (Wildman–Crippen LogP) is 2.41. The van der Waals surface area contributed by atoms with Crippen LogP contribution in [0.5, 0.6) is 5.75 Å². The molecular formula is C22H24N6O3. The first-order valence-electron chi connectivity index (χ1n) is 10.0. The number of amides is 2. The van der Waals surface area contributed by atoms with Gasteiger partial charge in [-0.05, 0) is 43.7 Å². The molecule has 2 aromatic heterocycles. The lowest BCUT2D eigenvalue weighted by Crippen LogP contribution is -2.30. The topological polar surface area (TPSA) is 102 Å². The van der Waals surface area contributed by atoms with E-state index in [9.17, 15) is 9.59 Å². The molecule has 0 saturated carbocycles. The summed E-state index contributed by atoms with van der Waals surface area (Å²) < 4.78 is 6.70. The van der Waals surface area contributed by atoms with Crippen molar-refractivity contribution in [1.82, 2.24) is 24.6 Å². The number of rotatable bonds is 5. The maximum absolute atomic E-state index is 12.7. The van der Waals surface area contributed by atoms with Gasteiger partial charge in [0, 0.05) is 44.1 Å². The minimum Gasteiger partial charge on any atom is -0.497 e. The molecule has 160 valence electrons. The molecule has 1 fully saturated rings. The maximum atomic E-state index is 12.7. The standard InChI is InChI=1S/C22H24N6O3/c1-14-18(21(29)26-16-4-6-17(31-3)7-5-16)12-23-20(25-14)15-9-11-28(13-15)22(30)19-8-10-24-27(19)2/h4-8,10,12,15H,9,11,13H2,1-3H3,(H,26,29)/t15-/m1/s1. The first-order valence-corrected chi connectivity index (χ1v) is 10.0. The van der Waals surface area contributed by atoms with Gasteiger partial charge in [-0.15, -0.1) is 0 Å². The van der Waals surface area contributed by atoms with Crippen LogP contribution in [-0.4, -0.2) is 56.7 Å². The Bertz CT molecular complexity index is 1110. The second kappa shape index (κ2) is 8.55. The third-order valence-corrected chi connectivity index (χ3v) is 5.47. The zero-order valence-corrected chi connectivity index (χ0v) is 17.7. The first-order chi connectivity index (χ1) is 15.0. The molecule has 9 heteroatoms. The Kier molecular flexibility index (Phi) is 5.66. The molecule has 1 atom stereocenters. The number of likely N-dealkylation sites (tertiary alicyclic amines) is 1. The Morgan fingerprint density at radius 1 is 1.19 bits per heavy atom. The van der Waals surface area contributed by atoms with Gasteiger partial charge in [0.25, 0.3) is 11.8 Å². The number of aromatic nitrogens is 4. The second-order valence-corrected chi connectivity index (χ2v) is 7.49. The average Bonchev–Trinajstić information content (AvgIpc) is 3.43. The number of nitrogens with one attached hydrogen (secondary N) is 1. The summed E-state index contributed by atoms with van der Waals surface area (Å²) in [6, 6.07) is 8.81. The third-order valence-electron chi connectivity index (χ3n) is 5.47. The van der Waals surface area contributed by atoms with E-state index in [1.54, 1.807) is 73.4 Å². The van der Waals surface area contributed by atoms with Crippen LogP contribution >= 0.6 is 0 Å². The molecule has 1 aromatic carbocycles. The van der Waals surface area contributed by atoms with Gasteiger partial charge >= 0.3 is 0 Å². The molecule has 0 bridgehead atoms. The van der Waals surface area contributed by atoms with Crippen LogP contribution in [0, 0.1) is 6.92 Å². The Morgan fingerprint density at radius 3 is 2.61 bits per heavy atom. The fraction of sp³-hybridized carbons (Fsp3) is 0.318. The second-order valence-electron chi connectivity index (χ2n) is 7.49.